The molecule has 0 unspecified atom stereocenters. The third kappa shape index (κ3) is 4.10. The molecule has 0 bridgehead atoms. The number of hydrogen-bond donors (Lipinski definition) is 2. The van der Waals surface area contributed by atoms with Crippen molar-refractivity contribution in [3.05, 3.63) is 52.8 Å². The van der Waals surface area contributed by atoms with Crippen LogP contribution in [-0.4, -0.2) is 12.5 Å². The van der Waals surface area contributed by atoms with E-state index in [0.29, 0.717) is 10.8 Å². The zero-order chi connectivity index (χ0) is 15.4. The maximum absolute atomic E-state index is 13.1. The van der Waals surface area contributed by atoms with Crippen LogP contribution in [0.5, 0.6) is 5.75 Å². The van der Waals surface area contributed by atoms with Crippen molar-refractivity contribution in [2.75, 3.05) is 17.7 Å². The van der Waals surface area contributed by atoms with Crippen LogP contribution in [0.3, 0.4) is 0 Å². The third-order valence-electron chi connectivity index (χ3n) is 2.79. The Balaban J connectivity index is 1.95. The molecule has 0 fully saturated rings. The van der Waals surface area contributed by atoms with Crippen molar-refractivity contribution in [2.45, 2.75) is 6.92 Å². The fraction of sp³-hybridized carbons (Fsp3) is 0.133. The molecule has 2 aromatic rings. The molecule has 0 heterocycles. The summed E-state index contributed by atoms with van der Waals surface area (Å²) in [5, 5.41) is 3.12. The van der Waals surface area contributed by atoms with E-state index < -0.39 is 11.7 Å². The van der Waals surface area contributed by atoms with Gasteiger partial charge in [-0.3, -0.25) is 4.79 Å². The number of nitrogen functional groups attached to an aromatic ring is 1. The van der Waals surface area contributed by atoms with Crippen LogP contribution in [0.15, 0.2) is 36.4 Å². The maximum Gasteiger partial charge on any atom is 0.262 e. The zero-order valence-corrected chi connectivity index (χ0v) is 12.1. The first-order valence-electron chi connectivity index (χ1n) is 6.19. The molecule has 0 saturated heterocycles. The van der Waals surface area contributed by atoms with Crippen molar-refractivity contribution in [3.8, 4) is 5.75 Å². The number of carbonyl (C=O) groups excluding carboxylic acids is 1. The minimum Gasteiger partial charge on any atom is -0.484 e. The van der Waals surface area contributed by atoms with Crippen molar-refractivity contribution < 1.29 is 13.9 Å². The topological polar surface area (TPSA) is 64.3 Å². The second-order valence-electron chi connectivity index (χ2n) is 4.48. The van der Waals surface area contributed by atoms with Gasteiger partial charge < -0.3 is 15.8 Å². The Bertz CT molecular complexity index is 677. The molecule has 6 heteroatoms. The molecule has 0 radical (unpaired) electrons. The normalized spacial score (nSPS) is 10.2. The van der Waals surface area contributed by atoms with Gasteiger partial charge in [0.1, 0.15) is 11.6 Å². The number of amides is 1. The number of nitrogens with one attached hydrogen (secondary N) is 1. The van der Waals surface area contributed by atoms with Crippen molar-refractivity contribution in [2.24, 2.45) is 0 Å². The van der Waals surface area contributed by atoms with Gasteiger partial charge >= 0.3 is 0 Å². The Hall–Kier alpha value is -2.27. The van der Waals surface area contributed by atoms with E-state index in [9.17, 15) is 9.18 Å². The highest BCUT2D eigenvalue weighted by atomic mass is 35.5. The van der Waals surface area contributed by atoms with Gasteiger partial charge in [0, 0.05) is 5.02 Å². The second kappa shape index (κ2) is 6.45. The number of nitrogens with two attached hydrogens (primary N) is 1. The van der Waals surface area contributed by atoms with Crippen molar-refractivity contribution in [1.29, 1.82) is 0 Å². The SMILES string of the molecule is Cc1cc(OCC(=O)Nc2cc(F)ccc2N)ccc1Cl. The first-order valence-corrected chi connectivity index (χ1v) is 6.57. The molecule has 110 valence electrons. The summed E-state index contributed by atoms with van der Waals surface area (Å²) in [7, 11) is 0. The van der Waals surface area contributed by atoms with E-state index in [2.05, 4.69) is 5.32 Å². The van der Waals surface area contributed by atoms with Crippen LogP contribution in [0.4, 0.5) is 15.8 Å². The monoisotopic (exact) mass is 308 g/mol. The Morgan fingerprint density at radius 3 is 2.81 bits per heavy atom. The standard InChI is InChI=1S/C15H14ClFN2O2/c1-9-6-11(3-4-12(9)16)21-8-15(20)19-14-7-10(17)2-5-13(14)18/h2-7H,8,18H2,1H3,(H,19,20). The molecule has 0 aliphatic rings. The summed E-state index contributed by atoms with van der Waals surface area (Å²) in [5.41, 5.74) is 7.00. The summed E-state index contributed by atoms with van der Waals surface area (Å²) in [6, 6.07) is 8.84. The van der Waals surface area contributed by atoms with Gasteiger partial charge in [0.2, 0.25) is 0 Å². The molecule has 1 amide bonds. The molecule has 0 aliphatic carbocycles. The minimum absolute atomic E-state index is 0.211. The van der Waals surface area contributed by atoms with Crippen LogP contribution < -0.4 is 15.8 Å². The van der Waals surface area contributed by atoms with E-state index in [1.807, 2.05) is 6.92 Å². The molecule has 0 atom stereocenters. The van der Waals surface area contributed by atoms with Gasteiger partial charge in [-0.15, -0.1) is 0 Å². The quantitative estimate of drug-likeness (QED) is 0.851. The van der Waals surface area contributed by atoms with Crippen LogP contribution in [0.25, 0.3) is 0 Å². The lowest BCUT2D eigenvalue weighted by Crippen LogP contribution is -2.20. The summed E-state index contributed by atoms with van der Waals surface area (Å²) < 4.78 is 18.4. The van der Waals surface area contributed by atoms with Crippen LogP contribution in [0.2, 0.25) is 5.02 Å². The molecule has 2 rings (SSSR count). The molecule has 0 saturated carbocycles. The van der Waals surface area contributed by atoms with Crippen molar-refractivity contribution in [3.63, 3.8) is 0 Å². The summed E-state index contributed by atoms with van der Waals surface area (Å²) in [5.74, 6) is -0.382. The number of aryl methyl sites for hydroxylation is 1. The van der Waals surface area contributed by atoms with Gasteiger partial charge in [0.15, 0.2) is 6.61 Å². The van der Waals surface area contributed by atoms with Gasteiger partial charge in [-0.25, -0.2) is 4.39 Å². The molecule has 0 aromatic heterocycles. The van der Waals surface area contributed by atoms with E-state index >= 15 is 0 Å². The fourth-order valence-corrected chi connectivity index (χ4v) is 1.80. The number of hydrogen-bond acceptors (Lipinski definition) is 3. The highest BCUT2D eigenvalue weighted by Crippen LogP contribution is 2.21. The Morgan fingerprint density at radius 1 is 1.33 bits per heavy atom. The number of halogens is 2. The first kappa shape index (κ1) is 15.1. The third-order valence-corrected chi connectivity index (χ3v) is 3.21. The molecular formula is C15H14ClFN2O2. The number of ether oxygens (including phenoxy) is 1. The molecule has 3 N–H and O–H groups in total. The lowest BCUT2D eigenvalue weighted by Gasteiger charge is -2.10. The average molecular weight is 309 g/mol. The predicted molar refractivity (Wildman–Crippen MR) is 81.1 cm³/mol. The lowest BCUT2D eigenvalue weighted by atomic mass is 10.2. The van der Waals surface area contributed by atoms with Gasteiger partial charge in [-0.2, -0.15) is 0 Å². The summed E-state index contributed by atoms with van der Waals surface area (Å²) in [6.45, 7) is 1.62. The predicted octanol–water partition coefficient (Wildman–Crippen LogP) is 3.39. The van der Waals surface area contributed by atoms with Gasteiger partial charge in [-0.1, -0.05) is 11.6 Å². The minimum atomic E-state index is -0.478. The molecule has 21 heavy (non-hydrogen) atoms. The van der Waals surface area contributed by atoms with Gasteiger partial charge in [0.25, 0.3) is 5.91 Å². The van der Waals surface area contributed by atoms with E-state index in [4.69, 9.17) is 22.1 Å². The van der Waals surface area contributed by atoms with Crippen molar-refractivity contribution >= 4 is 28.9 Å². The van der Waals surface area contributed by atoms with Gasteiger partial charge in [-0.05, 0) is 48.9 Å². The van der Waals surface area contributed by atoms with Crippen LogP contribution in [0, 0.1) is 12.7 Å². The summed E-state index contributed by atoms with van der Waals surface area (Å²) in [4.78, 5) is 11.8. The number of anilines is 2. The summed E-state index contributed by atoms with van der Waals surface area (Å²) in [6.07, 6.45) is 0. The number of benzene rings is 2. The molecule has 0 spiro atoms. The molecular weight excluding hydrogens is 295 g/mol. The number of carbonyl (C=O) groups is 1. The fourth-order valence-electron chi connectivity index (χ4n) is 1.68. The highest BCUT2D eigenvalue weighted by Gasteiger charge is 2.08. The van der Waals surface area contributed by atoms with E-state index in [1.54, 1.807) is 18.2 Å². The maximum atomic E-state index is 13.1. The van der Waals surface area contributed by atoms with Gasteiger partial charge in [0.05, 0.1) is 11.4 Å². The molecule has 2 aromatic carbocycles. The highest BCUT2D eigenvalue weighted by molar-refractivity contribution is 6.31. The number of rotatable bonds is 4. The van der Waals surface area contributed by atoms with Crippen LogP contribution >= 0.6 is 11.6 Å². The Kier molecular flexibility index (Phi) is 4.65. The average Bonchev–Trinajstić information content (AvgIpc) is 2.44. The van der Waals surface area contributed by atoms with Crippen LogP contribution in [-0.2, 0) is 4.79 Å². The zero-order valence-electron chi connectivity index (χ0n) is 11.3. The van der Waals surface area contributed by atoms with E-state index in [0.717, 1.165) is 11.6 Å². The largest absolute Gasteiger partial charge is 0.484 e. The van der Waals surface area contributed by atoms with E-state index in [1.165, 1.54) is 12.1 Å². The van der Waals surface area contributed by atoms with Crippen LogP contribution in [0.1, 0.15) is 5.56 Å². The molecule has 4 nitrogen and oxygen atoms in total. The Morgan fingerprint density at radius 2 is 2.10 bits per heavy atom. The first-order chi connectivity index (χ1) is 9.95. The van der Waals surface area contributed by atoms with E-state index in [-0.39, 0.29) is 18.0 Å². The smallest absolute Gasteiger partial charge is 0.262 e. The lowest BCUT2D eigenvalue weighted by molar-refractivity contribution is -0.118. The Labute approximate surface area is 126 Å². The van der Waals surface area contributed by atoms with Crippen molar-refractivity contribution in [1.82, 2.24) is 0 Å². The second-order valence-corrected chi connectivity index (χ2v) is 4.89. The molecule has 0 aliphatic heterocycles. The summed E-state index contributed by atoms with van der Waals surface area (Å²) >= 11 is 5.90.